The third kappa shape index (κ3) is 4.66. The van der Waals surface area contributed by atoms with Gasteiger partial charge in [0.05, 0.1) is 5.69 Å². The summed E-state index contributed by atoms with van der Waals surface area (Å²) in [5.41, 5.74) is 9.13. The number of hydrogen-bond donors (Lipinski definition) is 0. The van der Waals surface area contributed by atoms with Gasteiger partial charge in [-0.1, -0.05) is 113 Å². The minimum absolute atomic E-state index is 0.0220. The summed E-state index contributed by atoms with van der Waals surface area (Å²) in [6, 6.07) is 48.4. The third-order valence-corrected chi connectivity index (χ3v) is 10.1. The molecule has 0 unspecified atom stereocenters. The van der Waals surface area contributed by atoms with Crippen LogP contribution in [0.25, 0.3) is 21.5 Å². The molecule has 3 nitrogen and oxygen atoms in total. The molecule has 0 aromatic heterocycles. The Balaban J connectivity index is 1.28. The van der Waals surface area contributed by atoms with Crippen LogP contribution < -0.4 is 30.8 Å². The molecule has 7 aromatic rings. The molecule has 0 fully saturated rings. The van der Waals surface area contributed by atoms with Gasteiger partial charge >= 0.3 is 0 Å². The van der Waals surface area contributed by atoms with Crippen LogP contribution in [0.2, 0.25) is 0 Å². The summed E-state index contributed by atoms with van der Waals surface area (Å²) >= 11 is 0. The lowest BCUT2D eigenvalue weighted by Crippen LogP contribution is -2.57. The Bertz CT molecular complexity index is 2230. The van der Waals surface area contributed by atoms with Crippen molar-refractivity contribution >= 4 is 61.7 Å². The normalized spacial score (nSPS) is 12.8. The van der Waals surface area contributed by atoms with Gasteiger partial charge in [0.1, 0.15) is 23.0 Å². The van der Waals surface area contributed by atoms with Gasteiger partial charge in [-0.15, -0.1) is 0 Å². The molecule has 7 aromatic carbocycles. The van der Waals surface area contributed by atoms with Crippen LogP contribution >= 0.6 is 0 Å². The van der Waals surface area contributed by atoms with Crippen LogP contribution in [0.5, 0.6) is 23.0 Å². The first-order chi connectivity index (χ1) is 23.4. The van der Waals surface area contributed by atoms with Crippen molar-refractivity contribution in [3.05, 3.63) is 145 Å². The highest BCUT2D eigenvalue weighted by atomic mass is 16.5. The molecule has 0 spiro atoms. The average Bonchev–Trinajstić information content (AvgIpc) is 3.10. The summed E-state index contributed by atoms with van der Waals surface area (Å²) in [5.74, 6) is 4.32. The lowest BCUT2D eigenvalue weighted by atomic mass is 9.34. The average molecular weight is 622 g/mol. The summed E-state index contributed by atoms with van der Waals surface area (Å²) in [6.07, 6.45) is 0. The maximum absolute atomic E-state index is 6.89. The Labute approximate surface area is 282 Å². The van der Waals surface area contributed by atoms with Gasteiger partial charge in [0.2, 0.25) is 0 Å². The number of ether oxygens (including phenoxy) is 2. The van der Waals surface area contributed by atoms with Gasteiger partial charge in [0.15, 0.2) is 0 Å². The number of hydrogen-bond acceptors (Lipinski definition) is 3. The molecular formula is C44H36BNO2. The molecule has 2 heterocycles. The van der Waals surface area contributed by atoms with Crippen LogP contribution in [0, 0.1) is 0 Å². The van der Waals surface area contributed by atoms with E-state index in [1.54, 1.807) is 0 Å². The molecule has 0 aliphatic carbocycles. The van der Waals surface area contributed by atoms with Crippen LogP contribution in [0.4, 0.5) is 17.1 Å². The first-order valence-corrected chi connectivity index (χ1v) is 17.0. The van der Waals surface area contributed by atoms with E-state index in [-0.39, 0.29) is 6.71 Å². The van der Waals surface area contributed by atoms with E-state index in [2.05, 4.69) is 166 Å². The predicted molar refractivity (Wildman–Crippen MR) is 202 cm³/mol. The van der Waals surface area contributed by atoms with Crippen molar-refractivity contribution in [2.24, 2.45) is 0 Å². The minimum atomic E-state index is 0.0220. The molecule has 0 amide bonds. The predicted octanol–water partition coefficient (Wildman–Crippen LogP) is 10.4. The fraction of sp³-hybridized carbons (Fsp3) is 0.136. The maximum Gasteiger partial charge on any atom is 0.260 e. The van der Waals surface area contributed by atoms with Gasteiger partial charge < -0.3 is 14.4 Å². The minimum Gasteiger partial charge on any atom is -0.458 e. The lowest BCUT2D eigenvalue weighted by molar-refractivity contribution is 0.464. The van der Waals surface area contributed by atoms with Crippen LogP contribution in [-0.2, 0) is 0 Å². The van der Waals surface area contributed by atoms with Gasteiger partial charge in [0, 0.05) is 29.0 Å². The van der Waals surface area contributed by atoms with Crippen molar-refractivity contribution in [1.82, 2.24) is 0 Å². The second-order valence-electron chi connectivity index (χ2n) is 13.8. The molecule has 0 atom stereocenters. The molecule has 0 radical (unpaired) electrons. The Kier molecular flexibility index (Phi) is 6.62. The first-order valence-electron chi connectivity index (χ1n) is 17.0. The molecule has 2 aliphatic rings. The highest BCUT2D eigenvalue weighted by molar-refractivity contribution is 6.98. The van der Waals surface area contributed by atoms with Gasteiger partial charge in [0.25, 0.3) is 6.71 Å². The number of anilines is 3. The SMILES string of the molecule is CC(C)c1ccc2c(c1)Oc1cc(N(c3ccc4ccccc4c3)c3ccc4ccccc4c3)cc3c1B2c1ccc(C(C)C)cc1O3. The molecule has 0 bridgehead atoms. The van der Waals surface area contributed by atoms with Crippen LogP contribution in [0.15, 0.2) is 133 Å². The first kappa shape index (κ1) is 28.7. The van der Waals surface area contributed by atoms with Crippen molar-refractivity contribution < 1.29 is 9.47 Å². The van der Waals surface area contributed by atoms with Crippen molar-refractivity contribution in [3.8, 4) is 23.0 Å². The van der Waals surface area contributed by atoms with E-state index in [0.717, 1.165) is 45.5 Å². The van der Waals surface area contributed by atoms with Gasteiger partial charge in [-0.05, 0) is 91.8 Å². The summed E-state index contributed by atoms with van der Waals surface area (Å²) in [7, 11) is 0. The third-order valence-electron chi connectivity index (χ3n) is 10.1. The van der Waals surface area contributed by atoms with E-state index in [9.17, 15) is 0 Å². The van der Waals surface area contributed by atoms with Crippen molar-refractivity contribution in [3.63, 3.8) is 0 Å². The number of benzene rings is 7. The fourth-order valence-electron chi connectivity index (χ4n) is 7.44. The fourth-order valence-corrected chi connectivity index (χ4v) is 7.44. The summed E-state index contributed by atoms with van der Waals surface area (Å²) in [6.45, 7) is 8.95. The Hall–Kier alpha value is -5.48. The zero-order valence-electron chi connectivity index (χ0n) is 27.7. The molecule has 9 rings (SSSR count). The Morgan fingerprint density at radius 3 is 1.35 bits per heavy atom. The van der Waals surface area contributed by atoms with E-state index in [0.29, 0.717) is 11.8 Å². The van der Waals surface area contributed by atoms with E-state index >= 15 is 0 Å². The quantitative estimate of drug-likeness (QED) is 0.179. The molecule has 0 saturated heterocycles. The van der Waals surface area contributed by atoms with E-state index in [1.165, 1.54) is 43.6 Å². The van der Waals surface area contributed by atoms with Gasteiger partial charge in [-0.25, -0.2) is 0 Å². The summed E-state index contributed by atoms with van der Waals surface area (Å²) in [5, 5.41) is 4.81. The topological polar surface area (TPSA) is 21.7 Å². The van der Waals surface area contributed by atoms with Crippen LogP contribution in [0.1, 0.15) is 50.7 Å². The molecule has 0 saturated carbocycles. The van der Waals surface area contributed by atoms with E-state index in [4.69, 9.17) is 9.47 Å². The van der Waals surface area contributed by atoms with Gasteiger partial charge in [-0.2, -0.15) is 0 Å². The zero-order chi connectivity index (χ0) is 32.5. The maximum atomic E-state index is 6.89. The van der Waals surface area contributed by atoms with Crippen molar-refractivity contribution in [2.45, 2.75) is 39.5 Å². The molecule has 4 heteroatoms. The second-order valence-corrected chi connectivity index (χ2v) is 13.8. The van der Waals surface area contributed by atoms with E-state index < -0.39 is 0 Å². The summed E-state index contributed by atoms with van der Waals surface area (Å²) in [4.78, 5) is 2.33. The monoisotopic (exact) mass is 621 g/mol. The standard InChI is InChI=1S/C44H36BNO2/c1-27(2)31-15-19-38-40(23-31)47-42-25-37(26-43-44(42)45(38)39-20-16-32(28(3)4)24-41(39)48-43)46(35-17-13-29-9-5-7-11-33(29)21-35)36-18-14-30-10-6-8-12-34(30)22-36/h5-28H,1-4H3. The number of rotatable bonds is 5. The van der Waals surface area contributed by atoms with Gasteiger partial charge in [-0.3, -0.25) is 0 Å². The highest BCUT2D eigenvalue weighted by Crippen LogP contribution is 2.44. The molecule has 2 aliphatic heterocycles. The highest BCUT2D eigenvalue weighted by Gasteiger charge is 2.41. The molecule has 0 N–H and O–H groups in total. The van der Waals surface area contributed by atoms with Crippen LogP contribution in [-0.4, -0.2) is 6.71 Å². The van der Waals surface area contributed by atoms with Crippen molar-refractivity contribution in [2.75, 3.05) is 4.90 Å². The molecule has 48 heavy (non-hydrogen) atoms. The van der Waals surface area contributed by atoms with E-state index in [1.807, 2.05) is 0 Å². The van der Waals surface area contributed by atoms with Crippen LogP contribution in [0.3, 0.4) is 0 Å². The zero-order valence-corrected chi connectivity index (χ0v) is 27.7. The van der Waals surface area contributed by atoms with Crippen molar-refractivity contribution in [1.29, 1.82) is 0 Å². The Morgan fingerprint density at radius 2 is 0.896 bits per heavy atom. The Morgan fingerprint density at radius 1 is 0.438 bits per heavy atom. The molecule has 232 valence electrons. The number of nitrogens with zero attached hydrogens (tertiary/aromatic N) is 1. The second kappa shape index (κ2) is 11.1. The smallest absolute Gasteiger partial charge is 0.260 e. The number of fused-ring (bicyclic) bond motifs is 6. The lowest BCUT2D eigenvalue weighted by Gasteiger charge is -2.35. The molecular weight excluding hydrogens is 585 g/mol. The largest absolute Gasteiger partial charge is 0.458 e. The summed E-state index contributed by atoms with van der Waals surface area (Å²) < 4.78 is 13.8.